The van der Waals surface area contributed by atoms with Gasteiger partial charge in [0.2, 0.25) is 0 Å². The van der Waals surface area contributed by atoms with E-state index < -0.39 is 75.8 Å². The Kier molecular flexibility index (Phi) is 7.69. The predicted molar refractivity (Wildman–Crippen MR) is 156 cm³/mol. The summed E-state index contributed by atoms with van der Waals surface area (Å²) in [6.07, 6.45) is -5.00. The van der Waals surface area contributed by atoms with Gasteiger partial charge in [-0.3, -0.25) is 22.7 Å². The number of hydrogen-bond donors (Lipinski definition) is 6. The van der Waals surface area contributed by atoms with Crippen LogP contribution in [-0.4, -0.2) is 99.0 Å². The van der Waals surface area contributed by atoms with Crippen molar-refractivity contribution in [2.75, 3.05) is 24.7 Å². The van der Waals surface area contributed by atoms with E-state index in [-0.39, 0.29) is 17.0 Å². The van der Waals surface area contributed by atoms with Crippen molar-refractivity contribution in [3.8, 4) is 0 Å². The van der Waals surface area contributed by atoms with Gasteiger partial charge in [-0.15, -0.1) is 0 Å². The summed E-state index contributed by atoms with van der Waals surface area (Å²) in [5, 5.41) is 22.4. The molecule has 3 unspecified atom stereocenters. The number of imidazole rings is 2. The highest BCUT2D eigenvalue weighted by atomic mass is 32.7. The molecular weight excluding hydrogens is 664 g/mol. The standard InChI is InChI=1S/C21H25N9O10P2S2/c22-8-1-2-24-18-11(8)27-6-30(18)21-16-13(31)9(37-21)3-35-41(33,43)39-15-10(4-36-42(34,44)40-16)38-20(14(15)32)29-7-28-12-17(23)25-5-26-19(12)29/h1-2,5-7,9-10,13-16,20-21,31-32H,3-4H2,(H2,22,24)(H,33,43)(H,34,44)(H2,23,25,26)/t9-,10-,13?,14-,15-,16-,20-,21-,41?,42?/m1/s1. The second-order valence-electron chi connectivity index (χ2n) is 10.1. The van der Waals surface area contributed by atoms with Gasteiger partial charge < -0.3 is 40.6 Å². The van der Waals surface area contributed by atoms with E-state index in [0.717, 1.165) is 0 Å². The first-order valence-electron chi connectivity index (χ1n) is 12.9. The Hall–Kier alpha value is -2.36. The molecule has 7 rings (SSSR count). The van der Waals surface area contributed by atoms with E-state index in [2.05, 4.69) is 37.2 Å². The quantitative estimate of drug-likeness (QED) is 0.120. The monoisotopic (exact) mass is 689 g/mol. The lowest BCUT2D eigenvalue weighted by Crippen LogP contribution is -2.36. The number of aliphatic hydroxyl groups is 2. The van der Waals surface area contributed by atoms with Crippen molar-refractivity contribution in [1.82, 2.24) is 34.1 Å². The Labute approximate surface area is 257 Å². The molecule has 3 saturated heterocycles. The summed E-state index contributed by atoms with van der Waals surface area (Å²) in [4.78, 5) is 31.9. The van der Waals surface area contributed by atoms with Crippen molar-refractivity contribution in [3.05, 3.63) is 31.2 Å². The molecule has 7 N–H and O–H groups in total. The first kappa shape index (κ1) is 30.3. The van der Waals surface area contributed by atoms with Crippen LogP contribution in [0.1, 0.15) is 12.5 Å². The average Bonchev–Trinajstić information content (AvgIpc) is 3.73. The van der Waals surface area contributed by atoms with Gasteiger partial charge in [-0.1, -0.05) is 12.2 Å². The molecule has 7 heterocycles. The summed E-state index contributed by atoms with van der Waals surface area (Å²) < 4.78 is 50.8. The number of aliphatic hydroxyl groups excluding tert-OH is 2. The number of nitrogens with zero attached hydrogens (tertiary/aromatic N) is 7. The number of fused-ring (bicyclic) bond motifs is 5. The summed E-state index contributed by atoms with van der Waals surface area (Å²) in [5.41, 5.74) is 13.4. The molecule has 0 radical (unpaired) electrons. The molecule has 23 heteroatoms. The summed E-state index contributed by atoms with van der Waals surface area (Å²) in [6, 6.07) is 1.57. The maximum absolute atomic E-state index is 13.4. The van der Waals surface area contributed by atoms with E-state index in [1.165, 1.54) is 34.3 Å². The van der Waals surface area contributed by atoms with Crippen LogP contribution in [0.15, 0.2) is 31.2 Å². The van der Waals surface area contributed by atoms with Crippen LogP contribution in [0.2, 0.25) is 0 Å². The van der Waals surface area contributed by atoms with Crippen LogP contribution in [0.4, 0.5) is 11.5 Å². The number of pyridine rings is 1. The number of nitrogens with two attached hydrogens (primary N) is 2. The molecule has 4 aromatic rings. The molecule has 44 heavy (non-hydrogen) atoms. The Balaban J connectivity index is 1.20. The summed E-state index contributed by atoms with van der Waals surface area (Å²) in [7, 11) is 0. The van der Waals surface area contributed by atoms with Crippen LogP contribution in [0.5, 0.6) is 0 Å². The highest BCUT2D eigenvalue weighted by Gasteiger charge is 2.53. The Bertz CT molecular complexity index is 1830. The van der Waals surface area contributed by atoms with E-state index in [9.17, 15) is 19.7 Å². The summed E-state index contributed by atoms with van der Waals surface area (Å²) >= 11 is 9.36. The minimum absolute atomic E-state index is 0.107. The predicted octanol–water partition coefficient (Wildman–Crippen LogP) is 0.0241. The fraction of sp³-hybridized carbons (Fsp3) is 0.476. The minimum atomic E-state index is -4.27. The lowest BCUT2D eigenvalue weighted by molar-refractivity contribution is -0.0594. The number of ether oxygens (including phenoxy) is 2. The average molecular weight is 690 g/mol. The van der Waals surface area contributed by atoms with Gasteiger partial charge in [-0.05, 0) is 17.9 Å². The van der Waals surface area contributed by atoms with Crippen LogP contribution < -0.4 is 11.5 Å². The first-order valence-corrected chi connectivity index (χ1v) is 18.2. The van der Waals surface area contributed by atoms with E-state index in [4.69, 9.17) is 50.8 Å². The van der Waals surface area contributed by atoms with Gasteiger partial charge in [0, 0.05) is 6.20 Å². The first-order chi connectivity index (χ1) is 20.9. The zero-order valence-electron chi connectivity index (χ0n) is 22.2. The van der Waals surface area contributed by atoms with Gasteiger partial charge in [0.05, 0.1) is 31.6 Å². The lowest BCUT2D eigenvalue weighted by atomic mass is 10.1. The topological polar surface area (TPSA) is 259 Å². The zero-order chi connectivity index (χ0) is 31.0. The molecule has 0 saturated carbocycles. The molecule has 10 atom stereocenters. The van der Waals surface area contributed by atoms with Crippen LogP contribution in [-0.2, 0) is 43.9 Å². The minimum Gasteiger partial charge on any atom is -0.397 e. The normalized spacial score (nSPS) is 38.3. The van der Waals surface area contributed by atoms with Crippen molar-refractivity contribution in [1.29, 1.82) is 0 Å². The van der Waals surface area contributed by atoms with Crippen molar-refractivity contribution in [2.24, 2.45) is 0 Å². The summed E-state index contributed by atoms with van der Waals surface area (Å²) in [5.74, 6) is 0.107. The molecule has 3 aliphatic heterocycles. The maximum atomic E-state index is 13.4. The molecule has 19 nitrogen and oxygen atoms in total. The van der Waals surface area contributed by atoms with Crippen molar-refractivity contribution in [2.45, 2.75) is 49.1 Å². The smallest absolute Gasteiger partial charge is 0.386 e. The van der Waals surface area contributed by atoms with E-state index in [1.54, 1.807) is 6.07 Å². The van der Waals surface area contributed by atoms with E-state index in [0.29, 0.717) is 16.9 Å². The number of nitrogen functional groups attached to an aromatic ring is 2. The molecule has 2 bridgehead atoms. The van der Waals surface area contributed by atoms with E-state index in [1.807, 2.05) is 0 Å². The van der Waals surface area contributed by atoms with Gasteiger partial charge in [0.15, 0.2) is 29.6 Å². The zero-order valence-corrected chi connectivity index (χ0v) is 25.7. The molecule has 3 aliphatic rings. The van der Waals surface area contributed by atoms with Gasteiger partial charge in [0.1, 0.15) is 54.0 Å². The van der Waals surface area contributed by atoms with Gasteiger partial charge in [0.25, 0.3) is 0 Å². The third-order valence-electron chi connectivity index (χ3n) is 7.36. The number of aromatic nitrogens is 7. The second-order valence-corrected chi connectivity index (χ2v) is 15.8. The van der Waals surface area contributed by atoms with Crippen LogP contribution in [0, 0.1) is 0 Å². The number of anilines is 2. The Morgan fingerprint density at radius 2 is 1.57 bits per heavy atom. The third kappa shape index (κ3) is 5.30. The highest BCUT2D eigenvalue weighted by molar-refractivity contribution is 8.44. The number of hydrogen-bond acceptors (Lipinski definition) is 17. The molecule has 0 aromatic carbocycles. The Morgan fingerprint density at radius 1 is 0.886 bits per heavy atom. The van der Waals surface area contributed by atoms with Crippen molar-refractivity contribution < 1.29 is 47.2 Å². The molecule has 3 fully saturated rings. The van der Waals surface area contributed by atoms with Crippen molar-refractivity contribution in [3.63, 3.8) is 0 Å². The summed E-state index contributed by atoms with van der Waals surface area (Å²) in [6.45, 7) is -9.44. The lowest BCUT2D eigenvalue weighted by Gasteiger charge is -2.27. The van der Waals surface area contributed by atoms with Crippen LogP contribution in [0.25, 0.3) is 22.3 Å². The Morgan fingerprint density at radius 3 is 2.36 bits per heavy atom. The SMILES string of the molecule is Nc1ncnc2c1ncn2[C@@H]1O[C@@H]2COP(O)(=S)O[C@@H]3C(O)[C@@H](COP(=O)(S)O[C@H]2[C@H]1O)O[C@H]3n1cnc2c(N)ccnc21. The largest absolute Gasteiger partial charge is 0.397 e. The molecule has 0 spiro atoms. The van der Waals surface area contributed by atoms with Crippen molar-refractivity contribution >= 4 is 71.4 Å². The third-order valence-corrected chi connectivity index (χ3v) is 10.5. The fourth-order valence-corrected chi connectivity index (χ4v) is 8.21. The van der Waals surface area contributed by atoms with Crippen LogP contribution in [0.3, 0.4) is 0 Å². The van der Waals surface area contributed by atoms with E-state index >= 15 is 0 Å². The number of rotatable bonds is 2. The number of thiol groups is 1. The molecule has 236 valence electrons. The maximum Gasteiger partial charge on any atom is 0.386 e. The molecular formula is C21H25N9O10P2S2. The molecule has 4 aromatic heterocycles. The fourth-order valence-electron chi connectivity index (χ4n) is 5.31. The highest BCUT2D eigenvalue weighted by Crippen LogP contribution is 2.58. The van der Waals surface area contributed by atoms with Gasteiger partial charge in [-0.25, -0.2) is 29.5 Å². The molecule has 0 amide bonds. The van der Waals surface area contributed by atoms with Gasteiger partial charge >= 0.3 is 13.5 Å². The van der Waals surface area contributed by atoms with Gasteiger partial charge in [-0.2, -0.15) is 0 Å². The van der Waals surface area contributed by atoms with Crippen LogP contribution >= 0.6 is 25.8 Å². The second kappa shape index (κ2) is 11.2. The molecule has 0 aliphatic carbocycles.